The van der Waals surface area contributed by atoms with E-state index in [9.17, 15) is 18.0 Å². The summed E-state index contributed by atoms with van der Waals surface area (Å²) in [4.78, 5) is 26.6. The van der Waals surface area contributed by atoms with Crippen molar-refractivity contribution in [3.8, 4) is 0 Å². The molecule has 0 saturated heterocycles. The fraction of sp³-hybridized carbons (Fsp3) is 0.333. The van der Waals surface area contributed by atoms with Gasteiger partial charge < -0.3 is 10.6 Å². The Labute approximate surface area is 188 Å². The average Bonchev–Trinajstić information content (AvgIpc) is 2.70. The highest BCUT2D eigenvalue weighted by Gasteiger charge is 2.18. The molecule has 31 heavy (non-hydrogen) atoms. The highest BCUT2D eigenvalue weighted by Crippen LogP contribution is 2.20. The molecule has 2 aromatic carbocycles. The van der Waals surface area contributed by atoms with Crippen molar-refractivity contribution >= 4 is 44.8 Å². The van der Waals surface area contributed by atoms with Crippen LogP contribution in [0.25, 0.3) is 0 Å². The predicted octanol–water partition coefficient (Wildman–Crippen LogP) is 2.80. The Morgan fingerprint density at radius 1 is 0.968 bits per heavy atom. The van der Waals surface area contributed by atoms with Gasteiger partial charge in [0.15, 0.2) is 0 Å². The van der Waals surface area contributed by atoms with Gasteiger partial charge in [-0.3, -0.25) is 14.5 Å². The minimum atomic E-state index is -3.53. The molecular formula is C21H27ClN4O4S. The summed E-state index contributed by atoms with van der Waals surface area (Å²) >= 11 is 5.98. The molecule has 0 fully saturated rings. The molecule has 0 unspecified atom stereocenters. The number of hydrogen-bond acceptors (Lipinski definition) is 5. The number of nitrogens with zero attached hydrogens (tertiary/aromatic N) is 2. The maximum atomic E-state index is 12.4. The number of carbonyl (C=O) groups is 2. The number of halogens is 1. The third kappa shape index (κ3) is 7.03. The summed E-state index contributed by atoms with van der Waals surface area (Å²) < 4.78 is 25.3. The summed E-state index contributed by atoms with van der Waals surface area (Å²) in [5.74, 6) is -0.560. The molecule has 0 radical (unpaired) electrons. The number of anilines is 2. The number of likely N-dealkylation sites (N-methyl/N-ethyl adjacent to an activating group) is 1. The maximum absolute atomic E-state index is 12.4. The van der Waals surface area contributed by atoms with E-state index in [1.165, 1.54) is 38.4 Å². The maximum Gasteiger partial charge on any atom is 0.242 e. The van der Waals surface area contributed by atoms with Crippen molar-refractivity contribution in [2.24, 2.45) is 0 Å². The lowest BCUT2D eigenvalue weighted by Crippen LogP contribution is -2.38. The van der Waals surface area contributed by atoms with Crippen LogP contribution in [-0.4, -0.2) is 63.2 Å². The summed E-state index contributed by atoms with van der Waals surface area (Å²) in [5, 5.41) is 6.05. The van der Waals surface area contributed by atoms with Gasteiger partial charge in [-0.25, -0.2) is 12.7 Å². The van der Waals surface area contributed by atoms with Gasteiger partial charge in [0, 0.05) is 30.5 Å². The number of aryl methyl sites for hydroxylation is 1. The molecule has 2 N–H and O–H groups in total. The molecule has 0 aliphatic carbocycles. The summed E-state index contributed by atoms with van der Waals surface area (Å²) in [7, 11) is -0.625. The Bertz CT molecular complexity index is 1040. The largest absolute Gasteiger partial charge is 0.325 e. The van der Waals surface area contributed by atoms with Gasteiger partial charge in [-0.1, -0.05) is 24.6 Å². The van der Waals surface area contributed by atoms with Crippen LogP contribution in [0.2, 0.25) is 5.02 Å². The van der Waals surface area contributed by atoms with Crippen molar-refractivity contribution < 1.29 is 18.0 Å². The number of hydrogen-bond donors (Lipinski definition) is 2. The van der Waals surface area contributed by atoms with Crippen LogP contribution in [0, 0.1) is 6.92 Å². The molecule has 2 aromatic rings. The molecule has 2 amide bonds. The van der Waals surface area contributed by atoms with Gasteiger partial charge >= 0.3 is 0 Å². The molecule has 0 heterocycles. The topological polar surface area (TPSA) is 98.8 Å². The third-order valence-electron chi connectivity index (χ3n) is 4.57. The Morgan fingerprint density at radius 3 is 2.10 bits per heavy atom. The van der Waals surface area contributed by atoms with Crippen molar-refractivity contribution in [3.63, 3.8) is 0 Å². The van der Waals surface area contributed by atoms with Crippen molar-refractivity contribution in [1.82, 2.24) is 9.21 Å². The molecule has 168 valence electrons. The highest BCUT2D eigenvalue weighted by molar-refractivity contribution is 7.89. The molecule has 0 atom stereocenters. The lowest BCUT2D eigenvalue weighted by Gasteiger charge is -2.20. The van der Waals surface area contributed by atoms with Crippen LogP contribution in [0.4, 0.5) is 11.4 Å². The lowest BCUT2D eigenvalue weighted by molar-refractivity contribution is -0.119. The first-order chi connectivity index (χ1) is 14.5. The van der Waals surface area contributed by atoms with E-state index in [2.05, 4.69) is 10.6 Å². The number of carbonyl (C=O) groups excluding carboxylic acids is 2. The molecule has 0 aliphatic rings. The van der Waals surface area contributed by atoms with E-state index in [0.717, 1.165) is 9.87 Å². The number of rotatable bonds is 9. The third-order valence-corrected chi connectivity index (χ3v) is 6.64. The Hall–Kier alpha value is -2.46. The van der Waals surface area contributed by atoms with E-state index >= 15 is 0 Å². The molecular weight excluding hydrogens is 440 g/mol. The SMILES string of the molecule is CCN(CC(=O)Nc1ccc(S(=O)(=O)N(C)C)cc1)CC(=O)Nc1cc(Cl)ccc1C. The first-order valence-corrected chi connectivity index (χ1v) is 11.5. The van der Waals surface area contributed by atoms with E-state index in [-0.39, 0.29) is 29.8 Å². The minimum absolute atomic E-state index is 0.0101. The normalized spacial score (nSPS) is 11.6. The smallest absolute Gasteiger partial charge is 0.242 e. The van der Waals surface area contributed by atoms with Gasteiger partial charge in [-0.2, -0.15) is 0 Å². The van der Waals surface area contributed by atoms with Gasteiger partial charge in [0.1, 0.15) is 0 Å². The summed E-state index contributed by atoms with van der Waals surface area (Å²) in [6, 6.07) is 11.2. The van der Waals surface area contributed by atoms with Crippen LogP contribution in [0.3, 0.4) is 0 Å². The molecule has 8 nitrogen and oxygen atoms in total. The van der Waals surface area contributed by atoms with Crippen molar-refractivity contribution in [2.75, 3.05) is 44.4 Å². The molecule has 2 rings (SSSR count). The standard InChI is InChI=1S/C21H27ClN4O4S/c1-5-26(14-21(28)24-19-12-16(22)7-6-15(19)2)13-20(27)23-17-8-10-18(11-9-17)31(29,30)25(3)4/h6-12H,5,13-14H2,1-4H3,(H,23,27)(H,24,28). The second-order valence-electron chi connectivity index (χ2n) is 7.17. The highest BCUT2D eigenvalue weighted by atomic mass is 35.5. The van der Waals surface area contributed by atoms with Crippen LogP contribution in [0.15, 0.2) is 47.4 Å². The molecule has 0 bridgehead atoms. The zero-order valence-electron chi connectivity index (χ0n) is 18.0. The number of benzene rings is 2. The lowest BCUT2D eigenvalue weighted by atomic mass is 10.2. The Morgan fingerprint density at radius 2 is 1.55 bits per heavy atom. The summed E-state index contributed by atoms with van der Waals surface area (Å²) in [5.41, 5.74) is 1.99. The fourth-order valence-electron chi connectivity index (χ4n) is 2.73. The van der Waals surface area contributed by atoms with E-state index in [4.69, 9.17) is 11.6 Å². The summed E-state index contributed by atoms with van der Waals surface area (Å²) in [6.45, 7) is 4.26. The van der Waals surface area contributed by atoms with Gasteiger partial charge in [-0.15, -0.1) is 0 Å². The second kappa shape index (κ2) is 10.7. The first kappa shape index (κ1) is 24.8. The van der Waals surface area contributed by atoms with Gasteiger partial charge in [0.25, 0.3) is 0 Å². The zero-order chi connectivity index (χ0) is 23.2. The quantitative estimate of drug-likeness (QED) is 0.592. The first-order valence-electron chi connectivity index (χ1n) is 9.63. The Kier molecular flexibility index (Phi) is 8.58. The van der Waals surface area contributed by atoms with Crippen LogP contribution < -0.4 is 10.6 Å². The van der Waals surface area contributed by atoms with Crippen LogP contribution >= 0.6 is 11.6 Å². The number of sulfonamides is 1. The van der Waals surface area contributed by atoms with Crippen LogP contribution in [0.1, 0.15) is 12.5 Å². The summed E-state index contributed by atoms with van der Waals surface area (Å²) in [6.07, 6.45) is 0. The van der Waals surface area contributed by atoms with Gasteiger partial charge in [-0.05, 0) is 55.4 Å². The van der Waals surface area contributed by atoms with E-state index in [1.54, 1.807) is 17.0 Å². The fourth-order valence-corrected chi connectivity index (χ4v) is 3.80. The molecule has 10 heteroatoms. The van der Waals surface area contributed by atoms with Crippen LogP contribution in [0.5, 0.6) is 0 Å². The van der Waals surface area contributed by atoms with Crippen molar-refractivity contribution in [1.29, 1.82) is 0 Å². The van der Waals surface area contributed by atoms with E-state index < -0.39 is 10.0 Å². The number of nitrogens with one attached hydrogen (secondary N) is 2. The van der Waals surface area contributed by atoms with Crippen molar-refractivity contribution in [2.45, 2.75) is 18.7 Å². The predicted molar refractivity (Wildman–Crippen MR) is 123 cm³/mol. The molecule has 0 aliphatic heterocycles. The zero-order valence-corrected chi connectivity index (χ0v) is 19.5. The van der Waals surface area contributed by atoms with Crippen molar-refractivity contribution in [3.05, 3.63) is 53.1 Å². The molecule has 0 aromatic heterocycles. The average molecular weight is 467 g/mol. The minimum Gasteiger partial charge on any atom is -0.325 e. The number of amides is 2. The van der Waals surface area contributed by atoms with Gasteiger partial charge in [0.05, 0.1) is 18.0 Å². The molecule has 0 spiro atoms. The van der Waals surface area contributed by atoms with Crippen LogP contribution in [-0.2, 0) is 19.6 Å². The van der Waals surface area contributed by atoms with E-state index in [0.29, 0.717) is 22.9 Å². The monoisotopic (exact) mass is 466 g/mol. The van der Waals surface area contributed by atoms with Gasteiger partial charge in [0.2, 0.25) is 21.8 Å². The second-order valence-corrected chi connectivity index (χ2v) is 9.76. The Balaban J connectivity index is 1.94. The molecule has 0 saturated carbocycles. The van der Waals surface area contributed by atoms with E-state index in [1.807, 2.05) is 19.9 Å².